The molecule has 0 bridgehead atoms. The van der Waals surface area contributed by atoms with E-state index < -0.39 is 22.1 Å². The summed E-state index contributed by atoms with van der Waals surface area (Å²) in [5, 5.41) is 13.6. The Balaban J connectivity index is 1.43. The standard InChI is InChI=1S/C22H25F3N8O4S/c1-3-17-18(32-12-15(19(34)26-2)11-28-21(32)30-17)20(35)27-10-14-4-6-16(7-5-14)33-9-8-31(13-29-33)38(36,37)22(23,24)25/h4-7,12-13H,3,8-11H2,1-2H3,(H,26,34)(H,27,35)(H,28,30). The summed E-state index contributed by atoms with van der Waals surface area (Å²) in [6, 6.07) is 6.74. The van der Waals surface area contributed by atoms with E-state index >= 15 is 0 Å². The molecular weight excluding hydrogens is 529 g/mol. The van der Waals surface area contributed by atoms with Gasteiger partial charge in [0.2, 0.25) is 11.9 Å². The van der Waals surface area contributed by atoms with E-state index in [0.717, 1.165) is 5.56 Å². The number of anilines is 2. The number of sulfonamides is 1. The van der Waals surface area contributed by atoms with Crippen molar-refractivity contribution in [1.82, 2.24) is 24.5 Å². The average Bonchev–Trinajstić information content (AvgIpc) is 3.29. The minimum absolute atomic E-state index is 0.0758. The van der Waals surface area contributed by atoms with Crippen LogP contribution in [0.5, 0.6) is 0 Å². The van der Waals surface area contributed by atoms with Gasteiger partial charge in [-0.25, -0.2) is 9.29 Å². The molecule has 0 saturated carbocycles. The summed E-state index contributed by atoms with van der Waals surface area (Å²) in [6.07, 6.45) is 2.72. The zero-order chi connectivity index (χ0) is 27.7. The van der Waals surface area contributed by atoms with Crippen LogP contribution < -0.4 is 21.0 Å². The van der Waals surface area contributed by atoms with Crippen LogP contribution in [0.25, 0.3) is 6.20 Å². The Labute approximate surface area is 216 Å². The Kier molecular flexibility index (Phi) is 7.35. The number of rotatable bonds is 7. The van der Waals surface area contributed by atoms with Gasteiger partial charge in [0.1, 0.15) is 12.0 Å². The number of aryl methyl sites for hydroxylation is 1. The molecule has 12 nitrogen and oxygen atoms in total. The first-order chi connectivity index (χ1) is 18.0. The normalized spacial score (nSPS) is 15.4. The number of hydrogen-bond donors (Lipinski definition) is 3. The number of alkyl halides is 3. The number of nitrogens with zero attached hydrogens (tertiary/aromatic N) is 5. The quantitative estimate of drug-likeness (QED) is 0.469. The summed E-state index contributed by atoms with van der Waals surface area (Å²) >= 11 is 0. The summed E-state index contributed by atoms with van der Waals surface area (Å²) in [7, 11) is -3.96. The summed E-state index contributed by atoms with van der Waals surface area (Å²) in [6.45, 7) is 1.83. The number of benzene rings is 1. The molecule has 0 fully saturated rings. The number of imidazole rings is 1. The van der Waals surface area contributed by atoms with Gasteiger partial charge in [-0.1, -0.05) is 19.1 Å². The number of amides is 2. The highest BCUT2D eigenvalue weighted by atomic mass is 32.2. The summed E-state index contributed by atoms with van der Waals surface area (Å²) in [4.78, 5) is 29.6. The van der Waals surface area contributed by atoms with Crippen LogP contribution in [0.4, 0.5) is 24.8 Å². The van der Waals surface area contributed by atoms with E-state index in [0.29, 0.717) is 41.4 Å². The molecule has 3 N–H and O–H groups in total. The van der Waals surface area contributed by atoms with Crippen LogP contribution in [0.3, 0.4) is 0 Å². The fourth-order valence-electron chi connectivity index (χ4n) is 3.88. The summed E-state index contributed by atoms with van der Waals surface area (Å²) < 4.78 is 62.9. The predicted octanol–water partition coefficient (Wildman–Crippen LogP) is 1.30. The number of aromatic nitrogens is 2. The summed E-state index contributed by atoms with van der Waals surface area (Å²) in [5.74, 6) is -0.186. The van der Waals surface area contributed by atoms with E-state index in [1.807, 2.05) is 6.92 Å². The van der Waals surface area contributed by atoms with Crippen molar-refractivity contribution < 1.29 is 31.2 Å². The van der Waals surface area contributed by atoms with E-state index in [9.17, 15) is 31.2 Å². The molecular formula is C22H25F3N8O4S. The van der Waals surface area contributed by atoms with Crippen molar-refractivity contribution in [3.63, 3.8) is 0 Å². The maximum absolute atomic E-state index is 13.1. The van der Waals surface area contributed by atoms with Crippen molar-refractivity contribution >= 4 is 46.0 Å². The van der Waals surface area contributed by atoms with Gasteiger partial charge in [0, 0.05) is 26.3 Å². The molecule has 0 saturated heterocycles. The lowest BCUT2D eigenvalue weighted by molar-refractivity contribution is -0.116. The van der Waals surface area contributed by atoms with Crippen LogP contribution in [0.2, 0.25) is 0 Å². The fraction of sp³-hybridized carbons (Fsp3) is 0.364. The van der Waals surface area contributed by atoms with Crippen LogP contribution in [0, 0.1) is 0 Å². The average molecular weight is 555 g/mol. The van der Waals surface area contributed by atoms with Gasteiger partial charge in [0.25, 0.3) is 5.91 Å². The number of nitrogens with one attached hydrogen (secondary N) is 3. The molecule has 1 aromatic carbocycles. The van der Waals surface area contributed by atoms with Crippen LogP contribution in [0.15, 0.2) is 34.9 Å². The third-order valence-electron chi connectivity index (χ3n) is 5.91. The number of carbonyl (C=O) groups is 2. The first kappa shape index (κ1) is 27.0. The Bertz CT molecular complexity index is 1400. The lowest BCUT2D eigenvalue weighted by Crippen LogP contribution is -2.46. The molecule has 0 atom stereocenters. The van der Waals surface area contributed by atoms with Crippen molar-refractivity contribution in [2.75, 3.05) is 37.0 Å². The second kappa shape index (κ2) is 10.4. The molecule has 2 aliphatic heterocycles. The maximum atomic E-state index is 13.1. The van der Waals surface area contributed by atoms with Crippen molar-refractivity contribution in [2.24, 2.45) is 5.10 Å². The smallest absolute Gasteiger partial charge is 0.355 e. The van der Waals surface area contributed by atoms with Crippen LogP contribution >= 0.6 is 0 Å². The SMILES string of the molecule is CCc1nc2n(c1C(=O)NCc1ccc(N3CCN(S(=O)(=O)C(F)(F)F)C=N3)cc1)C=C(C(=O)NC)CN2. The predicted molar refractivity (Wildman–Crippen MR) is 134 cm³/mol. The van der Waals surface area contributed by atoms with Gasteiger partial charge in [-0.3, -0.25) is 19.2 Å². The molecule has 204 valence electrons. The van der Waals surface area contributed by atoms with Crippen LogP contribution in [0.1, 0.15) is 28.7 Å². The molecule has 16 heteroatoms. The molecule has 0 unspecified atom stereocenters. The Morgan fingerprint density at radius 2 is 1.84 bits per heavy atom. The van der Waals surface area contributed by atoms with Crippen LogP contribution in [-0.2, 0) is 27.8 Å². The van der Waals surface area contributed by atoms with Gasteiger partial charge in [-0.05, 0) is 24.1 Å². The lowest BCUT2D eigenvalue weighted by Gasteiger charge is -2.29. The molecule has 1 aromatic heterocycles. The molecule has 0 aliphatic carbocycles. The molecule has 4 rings (SSSR count). The number of hydrazone groups is 1. The molecule has 2 aliphatic rings. The van der Waals surface area contributed by atoms with E-state index in [1.165, 1.54) is 12.1 Å². The van der Waals surface area contributed by atoms with Crippen molar-refractivity contribution in [3.05, 3.63) is 46.8 Å². The van der Waals surface area contributed by atoms with Gasteiger partial charge in [0.15, 0.2) is 0 Å². The lowest BCUT2D eigenvalue weighted by atomic mass is 10.2. The van der Waals surface area contributed by atoms with Gasteiger partial charge < -0.3 is 16.0 Å². The van der Waals surface area contributed by atoms with E-state index in [-0.39, 0.29) is 35.8 Å². The molecule has 2 aromatic rings. The van der Waals surface area contributed by atoms with E-state index in [2.05, 4.69) is 26.0 Å². The largest absolute Gasteiger partial charge is 0.516 e. The second-order valence-electron chi connectivity index (χ2n) is 8.31. The Hall–Kier alpha value is -4.08. The molecule has 0 radical (unpaired) electrons. The zero-order valence-corrected chi connectivity index (χ0v) is 21.2. The van der Waals surface area contributed by atoms with Gasteiger partial charge in [-0.2, -0.15) is 26.7 Å². The maximum Gasteiger partial charge on any atom is 0.516 e. The fourth-order valence-corrected chi connectivity index (χ4v) is 4.64. The number of fused-ring (bicyclic) bond motifs is 1. The highest BCUT2D eigenvalue weighted by Gasteiger charge is 2.50. The number of carbonyl (C=O) groups excluding carboxylic acids is 2. The van der Waals surface area contributed by atoms with Gasteiger partial charge >= 0.3 is 15.5 Å². The molecule has 38 heavy (non-hydrogen) atoms. The highest BCUT2D eigenvalue weighted by Crippen LogP contribution is 2.28. The third-order valence-corrected chi connectivity index (χ3v) is 7.39. The van der Waals surface area contributed by atoms with Crippen molar-refractivity contribution in [2.45, 2.75) is 25.4 Å². The summed E-state index contributed by atoms with van der Waals surface area (Å²) in [5.41, 5.74) is -2.80. The minimum Gasteiger partial charge on any atom is -0.355 e. The van der Waals surface area contributed by atoms with Gasteiger partial charge in [0.05, 0.1) is 30.0 Å². The van der Waals surface area contributed by atoms with Crippen molar-refractivity contribution in [3.8, 4) is 0 Å². The second-order valence-corrected chi connectivity index (χ2v) is 10.2. The molecule has 0 spiro atoms. The third kappa shape index (κ3) is 5.16. The van der Waals surface area contributed by atoms with E-state index in [1.54, 1.807) is 35.0 Å². The van der Waals surface area contributed by atoms with Crippen LogP contribution in [-0.4, -0.2) is 72.6 Å². The van der Waals surface area contributed by atoms with Crippen molar-refractivity contribution in [1.29, 1.82) is 0 Å². The van der Waals surface area contributed by atoms with Gasteiger partial charge in [-0.15, -0.1) is 0 Å². The first-order valence-electron chi connectivity index (χ1n) is 11.5. The monoisotopic (exact) mass is 554 g/mol. The first-order valence-corrected chi connectivity index (χ1v) is 12.9. The molecule has 2 amide bonds. The minimum atomic E-state index is -5.48. The van der Waals surface area contributed by atoms with E-state index in [4.69, 9.17) is 0 Å². The number of halogens is 3. The highest BCUT2D eigenvalue weighted by molar-refractivity contribution is 7.90. The Morgan fingerprint density at radius 1 is 1.13 bits per heavy atom. The zero-order valence-electron chi connectivity index (χ0n) is 20.4. The number of likely N-dealkylation sites (N-methyl/N-ethyl adjacent to an activating group) is 1. The molecule has 3 heterocycles. The Morgan fingerprint density at radius 3 is 2.42 bits per heavy atom. The topological polar surface area (TPSA) is 141 Å². The number of hydrogen-bond acceptors (Lipinski definition) is 8.